The van der Waals surface area contributed by atoms with Crippen LogP contribution < -0.4 is 10.1 Å². The number of hydrogen-bond acceptors (Lipinski definition) is 3. The van der Waals surface area contributed by atoms with E-state index in [1.807, 2.05) is 6.07 Å². The van der Waals surface area contributed by atoms with Crippen molar-refractivity contribution in [1.82, 2.24) is 9.38 Å². The van der Waals surface area contributed by atoms with Crippen LogP contribution in [0, 0.1) is 0 Å². The minimum Gasteiger partial charge on any atom is -0.497 e. The van der Waals surface area contributed by atoms with Crippen LogP contribution in [0.3, 0.4) is 0 Å². The van der Waals surface area contributed by atoms with Crippen molar-refractivity contribution in [3.8, 4) is 5.75 Å². The van der Waals surface area contributed by atoms with E-state index in [-0.39, 0.29) is 5.91 Å². The van der Waals surface area contributed by atoms with Gasteiger partial charge in [0.15, 0.2) is 0 Å². The van der Waals surface area contributed by atoms with E-state index in [4.69, 9.17) is 16.3 Å². The first kappa shape index (κ1) is 16.3. The lowest BCUT2D eigenvalue weighted by molar-refractivity contribution is 0.102. The number of pyridine rings is 1. The fourth-order valence-corrected chi connectivity index (χ4v) is 2.74. The molecule has 0 saturated carbocycles. The molecule has 124 valence electrons. The normalized spacial score (nSPS) is 10.8. The summed E-state index contributed by atoms with van der Waals surface area (Å²) in [5, 5.41) is 3.46. The highest BCUT2D eigenvalue weighted by molar-refractivity contribution is 6.30. The molecule has 0 fully saturated rings. The molecule has 6 heteroatoms. The molecule has 5 nitrogen and oxygen atoms in total. The molecule has 0 aliphatic rings. The van der Waals surface area contributed by atoms with Gasteiger partial charge in [0.05, 0.1) is 17.8 Å². The Morgan fingerprint density at radius 1 is 1.25 bits per heavy atom. The summed E-state index contributed by atoms with van der Waals surface area (Å²) in [6.07, 6.45) is 3.34. The highest BCUT2D eigenvalue weighted by Gasteiger charge is 2.19. The van der Waals surface area contributed by atoms with E-state index in [2.05, 4.69) is 17.2 Å². The van der Waals surface area contributed by atoms with Crippen LogP contribution >= 0.6 is 11.6 Å². The summed E-state index contributed by atoms with van der Waals surface area (Å²) in [6, 6.07) is 10.8. The van der Waals surface area contributed by atoms with Crippen LogP contribution in [0.2, 0.25) is 5.02 Å². The first-order chi connectivity index (χ1) is 11.6. The van der Waals surface area contributed by atoms with Crippen molar-refractivity contribution in [3.05, 3.63) is 59.0 Å². The van der Waals surface area contributed by atoms with Gasteiger partial charge in [0.25, 0.3) is 5.91 Å². The van der Waals surface area contributed by atoms with Gasteiger partial charge >= 0.3 is 0 Å². The van der Waals surface area contributed by atoms with Gasteiger partial charge in [0, 0.05) is 11.9 Å². The average Bonchev–Trinajstić information content (AvgIpc) is 2.93. The Labute approximate surface area is 145 Å². The third-order valence-electron chi connectivity index (χ3n) is 3.70. The molecule has 3 aromatic rings. The van der Waals surface area contributed by atoms with Gasteiger partial charge in [-0.25, -0.2) is 4.98 Å². The number of hydrogen-bond donors (Lipinski definition) is 1. The number of benzene rings is 1. The van der Waals surface area contributed by atoms with Gasteiger partial charge in [-0.05, 0) is 42.8 Å². The molecule has 0 unspecified atom stereocenters. The maximum Gasteiger partial charge on any atom is 0.274 e. The monoisotopic (exact) mass is 343 g/mol. The van der Waals surface area contributed by atoms with Crippen LogP contribution in [0.15, 0.2) is 42.6 Å². The lowest BCUT2D eigenvalue weighted by Gasteiger charge is -2.08. The van der Waals surface area contributed by atoms with Crippen LogP contribution in [0.4, 0.5) is 5.69 Å². The topological polar surface area (TPSA) is 55.6 Å². The Kier molecular flexibility index (Phi) is 4.71. The van der Waals surface area contributed by atoms with E-state index in [0.717, 1.165) is 24.3 Å². The van der Waals surface area contributed by atoms with Gasteiger partial charge in [0.1, 0.15) is 17.1 Å². The smallest absolute Gasteiger partial charge is 0.274 e. The Balaban J connectivity index is 1.97. The zero-order chi connectivity index (χ0) is 17.1. The van der Waals surface area contributed by atoms with Crippen LogP contribution in [0.25, 0.3) is 5.65 Å². The van der Waals surface area contributed by atoms with Crippen molar-refractivity contribution in [2.75, 3.05) is 12.4 Å². The maximum absolute atomic E-state index is 12.8. The van der Waals surface area contributed by atoms with Gasteiger partial charge < -0.3 is 10.1 Å². The average molecular weight is 344 g/mol. The molecule has 1 N–H and O–H groups in total. The number of fused-ring (bicyclic) bond motifs is 1. The molecule has 0 bridgehead atoms. The summed E-state index contributed by atoms with van der Waals surface area (Å²) >= 11 is 6.08. The molecule has 24 heavy (non-hydrogen) atoms. The molecule has 2 heterocycles. The van der Waals surface area contributed by atoms with Crippen molar-refractivity contribution in [1.29, 1.82) is 0 Å². The van der Waals surface area contributed by atoms with E-state index in [9.17, 15) is 4.79 Å². The summed E-state index contributed by atoms with van der Waals surface area (Å²) in [4.78, 5) is 17.4. The molecule has 3 rings (SSSR count). The Morgan fingerprint density at radius 3 is 2.67 bits per heavy atom. The number of methoxy groups -OCH3 is 1. The zero-order valence-corrected chi connectivity index (χ0v) is 14.3. The molecule has 0 atom stereocenters. The van der Waals surface area contributed by atoms with E-state index in [0.29, 0.717) is 22.1 Å². The van der Waals surface area contributed by atoms with E-state index in [1.54, 1.807) is 48.0 Å². The number of nitrogens with one attached hydrogen (secondary N) is 1. The fraction of sp³-hybridized carbons (Fsp3) is 0.222. The van der Waals surface area contributed by atoms with Crippen molar-refractivity contribution in [3.63, 3.8) is 0 Å². The van der Waals surface area contributed by atoms with Crippen LogP contribution in [0.5, 0.6) is 5.75 Å². The molecule has 0 radical (unpaired) electrons. The lowest BCUT2D eigenvalue weighted by atomic mass is 10.2. The second kappa shape index (κ2) is 6.93. The molecular formula is C18H18ClN3O2. The number of carbonyl (C=O) groups excluding carboxylic acids is 1. The van der Waals surface area contributed by atoms with Crippen molar-refractivity contribution < 1.29 is 9.53 Å². The number of amides is 1. The van der Waals surface area contributed by atoms with Crippen molar-refractivity contribution in [2.45, 2.75) is 19.8 Å². The number of aromatic nitrogens is 2. The summed E-state index contributed by atoms with van der Waals surface area (Å²) in [5.74, 6) is 0.527. The first-order valence-corrected chi connectivity index (χ1v) is 8.12. The fourth-order valence-electron chi connectivity index (χ4n) is 2.58. The third kappa shape index (κ3) is 3.21. The van der Waals surface area contributed by atoms with Gasteiger partial charge in [-0.2, -0.15) is 0 Å². The number of rotatable bonds is 5. The molecular weight excluding hydrogens is 326 g/mol. The third-order valence-corrected chi connectivity index (χ3v) is 3.93. The number of ether oxygens (including phenoxy) is 1. The number of carbonyl (C=O) groups is 1. The van der Waals surface area contributed by atoms with Crippen LogP contribution in [-0.4, -0.2) is 22.4 Å². The summed E-state index contributed by atoms with van der Waals surface area (Å²) in [5.41, 5.74) is 2.69. The summed E-state index contributed by atoms with van der Waals surface area (Å²) in [7, 11) is 1.60. The Morgan fingerprint density at radius 2 is 2.00 bits per heavy atom. The van der Waals surface area contributed by atoms with Gasteiger partial charge in [-0.15, -0.1) is 0 Å². The minimum atomic E-state index is -0.210. The van der Waals surface area contributed by atoms with Gasteiger partial charge in [-0.3, -0.25) is 9.20 Å². The number of imidazole rings is 1. The van der Waals surface area contributed by atoms with E-state index in [1.165, 1.54) is 0 Å². The predicted molar refractivity (Wildman–Crippen MR) is 95.1 cm³/mol. The zero-order valence-electron chi connectivity index (χ0n) is 13.5. The SMILES string of the molecule is CCCc1nc2ccc(Cl)cn2c1C(=O)Nc1ccc(OC)cc1. The number of halogens is 1. The molecule has 0 aliphatic heterocycles. The predicted octanol–water partition coefficient (Wildman–Crippen LogP) is 4.20. The molecule has 0 saturated heterocycles. The van der Waals surface area contributed by atoms with Crippen molar-refractivity contribution in [2.24, 2.45) is 0 Å². The molecule has 0 spiro atoms. The maximum atomic E-state index is 12.8. The largest absolute Gasteiger partial charge is 0.497 e. The van der Waals surface area contributed by atoms with Gasteiger partial charge in [-0.1, -0.05) is 24.9 Å². The Bertz CT molecular complexity index is 872. The molecule has 0 aliphatic carbocycles. The summed E-state index contributed by atoms with van der Waals surface area (Å²) < 4.78 is 6.87. The second-order valence-electron chi connectivity index (χ2n) is 5.42. The van der Waals surface area contributed by atoms with Crippen LogP contribution in [-0.2, 0) is 6.42 Å². The second-order valence-corrected chi connectivity index (χ2v) is 5.85. The summed E-state index contributed by atoms with van der Waals surface area (Å²) in [6.45, 7) is 2.06. The first-order valence-electron chi connectivity index (χ1n) is 7.74. The lowest BCUT2D eigenvalue weighted by Crippen LogP contribution is -2.16. The molecule has 1 aromatic carbocycles. The standard InChI is InChI=1S/C18H18ClN3O2/c1-3-4-15-17(22-11-12(19)5-10-16(22)21-15)18(23)20-13-6-8-14(24-2)9-7-13/h5-11H,3-4H2,1-2H3,(H,20,23). The van der Waals surface area contributed by atoms with Crippen LogP contribution in [0.1, 0.15) is 29.5 Å². The number of aryl methyl sites for hydroxylation is 1. The van der Waals surface area contributed by atoms with E-state index >= 15 is 0 Å². The molecule has 2 aromatic heterocycles. The number of anilines is 1. The highest BCUT2D eigenvalue weighted by Crippen LogP contribution is 2.20. The number of nitrogens with zero attached hydrogens (tertiary/aromatic N) is 2. The van der Waals surface area contributed by atoms with Gasteiger partial charge in [0.2, 0.25) is 0 Å². The minimum absolute atomic E-state index is 0.210. The Hall–Kier alpha value is -2.53. The van der Waals surface area contributed by atoms with E-state index < -0.39 is 0 Å². The quantitative estimate of drug-likeness (QED) is 0.755. The highest BCUT2D eigenvalue weighted by atomic mass is 35.5. The van der Waals surface area contributed by atoms with Crippen molar-refractivity contribution >= 4 is 28.8 Å². The molecule has 1 amide bonds.